The monoisotopic (exact) mass is 325 g/mol. The van der Waals surface area contributed by atoms with Crippen LogP contribution in [0.5, 0.6) is 5.75 Å². The molecule has 0 aliphatic heterocycles. The highest BCUT2D eigenvalue weighted by molar-refractivity contribution is 6.03. The van der Waals surface area contributed by atoms with Crippen molar-refractivity contribution in [3.63, 3.8) is 0 Å². The molecule has 0 saturated carbocycles. The zero-order valence-electron chi connectivity index (χ0n) is 13.5. The van der Waals surface area contributed by atoms with E-state index in [4.69, 9.17) is 0 Å². The van der Waals surface area contributed by atoms with Crippen molar-refractivity contribution in [1.29, 1.82) is 0 Å². The van der Waals surface area contributed by atoms with Gasteiger partial charge in [0.2, 0.25) is 11.8 Å². The minimum absolute atomic E-state index is 0.244. The van der Waals surface area contributed by atoms with Crippen molar-refractivity contribution in [1.82, 2.24) is 5.43 Å². The van der Waals surface area contributed by atoms with Crippen LogP contribution in [0.3, 0.4) is 0 Å². The number of carbonyl (C=O) groups excluding carboxylic acids is 2. The second kappa shape index (κ2) is 7.92. The number of hydrogen-bond donors (Lipinski definition) is 3. The van der Waals surface area contributed by atoms with E-state index in [1.54, 1.807) is 50.2 Å². The van der Waals surface area contributed by atoms with Crippen molar-refractivity contribution < 1.29 is 14.7 Å². The quantitative estimate of drug-likeness (QED) is 0.448. The van der Waals surface area contributed by atoms with Gasteiger partial charge >= 0.3 is 0 Å². The second-order valence-corrected chi connectivity index (χ2v) is 5.39. The molecule has 2 rings (SSSR count). The fraction of sp³-hybridized carbons (Fsp3) is 0.167. The van der Waals surface area contributed by atoms with E-state index >= 15 is 0 Å². The molecule has 0 heterocycles. The average molecular weight is 325 g/mol. The first kappa shape index (κ1) is 17.2. The van der Waals surface area contributed by atoms with Gasteiger partial charge in [-0.05, 0) is 54.8 Å². The van der Waals surface area contributed by atoms with Gasteiger partial charge in [0, 0.05) is 5.69 Å². The van der Waals surface area contributed by atoms with Crippen molar-refractivity contribution in [3.8, 4) is 5.75 Å². The molecule has 0 bridgehead atoms. The SMILES string of the molecule is Cc1cc(/C=N/NC(=O)CC(=O)Nc2ccccc2)cc(C)c1O. The van der Waals surface area contributed by atoms with Gasteiger partial charge in [0.15, 0.2) is 0 Å². The maximum absolute atomic E-state index is 11.7. The Morgan fingerprint density at radius 2 is 1.71 bits per heavy atom. The van der Waals surface area contributed by atoms with E-state index < -0.39 is 11.8 Å². The Kier molecular flexibility index (Phi) is 5.68. The van der Waals surface area contributed by atoms with Crippen LogP contribution in [0.1, 0.15) is 23.1 Å². The molecule has 2 aromatic carbocycles. The number of aromatic hydroxyl groups is 1. The fourth-order valence-electron chi connectivity index (χ4n) is 2.15. The minimum atomic E-state index is -0.507. The molecule has 0 unspecified atom stereocenters. The van der Waals surface area contributed by atoms with Crippen LogP contribution in [0, 0.1) is 13.8 Å². The molecule has 24 heavy (non-hydrogen) atoms. The molecule has 3 N–H and O–H groups in total. The third-order valence-electron chi connectivity index (χ3n) is 3.29. The number of phenols is 1. The maximum atomic E-state index is 11.7. The van der Waals surface area contributed by atoms with Gasteiger partial charge < -0.3 is 10.4 Å². The first-order valence-corrected chi connectivity index (χ1v) is 7.42. The third-order valence-corrected chi connectivity index (χ3v) is 3.29. The van der Waals surface area contributed by atoms with E-state index in [1.165, 1.54) is 6.21 Å². The molecule has 0 saturated heterocycles. The number of amides is 2. The maximum Gasteiger partial charge on any atom is 0.249 e. The molecular formula is C18H19N3O3. The van der Waals surface area contributed by atoms with Gasteiger partial charge in [-0.25, -0.2) is 5.43 Å². The smallest absolute Gasteiger partial charge is 0.249 e. The molecular weight excluding hydrogens is 306 g/mol. The standard InChI is InChI=1S/C18H19N3O3/c1-12-8-14(9-13(2)18(12)24)11-19-21-17(23)10-16(22)20-15-6-4-3-5-7-15/h3-9,11,24H,10H2,1-2H3,(H,20,22)(H,21,23)/b19-11+. The fourth-order valence-corrected chi connectivity index (χ4v) is 2.15. The molecule has 0 atom stereocenters. The number of hydrogen-bond acceptors (Lipinski definition) is 4. The van der Waals surface area contributed by atoms with E-state index in [0.717, 1.165) is 16.7 Å². The summed E-state index contributed by atoms with van der Waals surface area (Å²) in [5.41, 5.74) is 5.14. The predicted octanol–water partition coefficient (Wildman–Crippen LogP) is 2.49. The number of para-hydroxylation sites is 1. The summed E-state index contributed by atoms with van der Waals surface area (Å²) in [6.07, 6.45) is 1.15. The van der Waals surface area contributed by atoms with Crippen molar-refractivity contribution in [3.05, 3.63) is 59.2 Å². The minimum Gasteiger partial charge on any atom is -0.507 e. The number of anilines is 1. The Balaban J connectivity index is 1.85. The summed E-state index contributed by atoms with van der Waals surface area (Å²) in [6.45, 7) is 3.57. The van der Waals surface area contributed by atoms with Crippen molar-refractivity contribution in [2.45, 2.75) is 20.3 Å². The summed E-state index contributed by atoms with van der Waals surface area (Å²) in [7, 11) is 0. The summed E-state index contributed by atoms with van der Waals surface area (Å²) in [4.78, 5) is 23.4. The Bertz CT molecular complexity index is 747. The largest absolute Gasteiger partial charge is 0.507 e. The van der Waals surface area contributed by atoms with Crippen LogP contribution in [-0.4, -0.2) is 23.1 Å². The van der Waals surface area contributed by atoms with Gasteiger partial charge in [0.1, 0.15) is 12.2 Å². The Hall–Kier alpha value is -3.15. The molecule has 0 spiro atoms. The van der Waals surface area contributed by atoms with Crippen LogP contribution < -0.4 is 10.7 Å². The normalized spacial score (nSPS) is 10.6. The van der Waals surface area contributed by atoms with E-state index in [0.29, 0.717) is 5.69 Å². The lowest BCUT2D eigenvalue weighted by atomic mass is 10.1. The topological polar surface area (TPSA) is 90.8 Å². The number of benzene rings is 2. The number of phenolic OH excluding ortho intramolecular Hbond substituents is 1. The summed E-state index contributed by atoms with van der Waals surface area (Å²) >= 11 is 0. The molecule has 0 fully saturated rings. The molecule has 0 aliphatic carbocycles. The zero-order chi connectivity index (χ0) is 17.5. The zero-order valence-corrected chi connectivity index (χ0v) is 13.5. The number of aryl methyl sites for hydroxylation is 2. The molecule has 0 aromatic heterocycles. The molecule has 0 radical (unpaired) electrons. The van der Waals surface area contributed by atoms with Crippen LogP contribution in [0.4, 0.5) is 5.69 Å². The van der Waals surface area contributed by atoms with Gasteiger partial charge in [0.05, 0.1) is 6.21 Å². The lowest BCUT2D eigenvalue weighted by Crippen LogP contribution is -2.24. The highest BCUT2D eigenvalue weighted by Crippen LogP contribution is 2.21. The summed E-state index contributed by atoms with van der Waals surface area (Å²) in [5.74, 6) is -0.675. The van der Waals surface area contributed by atoms with Gasteiger partial charge in [-0.2, -0.15) is 5.10 Å². The van der Waals surface area contributed by atoms with Crippen LogP contribution in [0.2, 0.25) is 0 Å². The molecule has 6 heteroatoms. The molecule has 2 aromatic rings. The number of nitrogens with zero attached hydrogens (tertiary/aromatic N) is 1. The third kappa shape index (κ3) is 4.95. The Morgan fingerprint density at radius 3 is 2.33 bits per heavy atom. The van der Waals surface area contributed by atoms with E-state index in [9.17, 15) is 14.7 Å². The first-order valence-electron chi connectivity index (χ1n) is 7.42. The van der Waals surface area contributed by atoms with Crippen molar-refractivity contribution >= 4 is 23.7 Å². The summed E-state index contributed by atoms with van der Waals surface area (Å²) in [6, 6.07) is 12.4. The second-order valence-electron chi connectivity index (χ2n) is 5.39. The van der Waals surface area contributed by atoms with E-state index in [1.807, 2.05) is 6.07 Å². The van der Waals surface area contributed by atoms with Gasteiger partial charge in [0.25, 0.3) is 0 Å². The van der Waals surface area contributed by atoms with Crippen molar-refractivity contribution in [2.24, 2.45) is 5.10 Å². The van der Waals surface area contributed by atoms with Gasteiger partial charge in [-0.15, -0.1) is 0 Å². The Morgan fingerprint density at radius 1 is 1.08 bits per heavy atom. The predicted molar refractivity (Wildman–Crippen MR) is 93.0 cm³/mol. The highest BCUT2D eigenvalue weighted by Gasteiger charge is 2.08. The lowest BCUT2D eigenvalue weighted by Gasteiger charge is -2.05. The van der Waals surface area contributed by atoms with Gasteiger partial charge in [-0.3, -0.25) is 9.59 Å². The summed E-state index contributed by atoms with van der Waals surface area (Å²) in [5, 5.41) is 16.2. The van der Waals surface area contributed by atoms with E-state index in [2.05, 4.69) is 15.8 Å². The number of rotatable bonds is 5. The highest BCUT2D eigenvalue weighted by atomic mass is 16.3. The molecule has 124 valence electrons. The van der Waals surface area contributed by atoms with Crippen molar-refractivity contribution in [2.75, 3.05) is 5.32 Å². The number of nitrogens with one attached hydrogen (secondary N) is 2. The Labute approximate surface area is 140 Å². The van der Waals surface area contributed by atoms with E-state index in [-0.39, 0.29) is 12.2 Å². The lowest BCUT2D eigenvalue weighted by molar-refractivity contribution is -0.126. The average Bonchev–Trinajstić information content (AvgIpc) is 2.53. The number of carbonyl (C=O) groups is 2. The van der Waals surface area contributed by atoms with Crippen LogP contribution in [0.25, 0.3) is 0 Å². The number of hydrazone groups is 1. The van der Waals surface area contributed by atoms with Crippen LogP contribution >= 0.6 is 0 Å². The van der Waals surface area contributed by atoms with Crippen LogP contribution in [-0.2, 0) is 9.59 Å². The molecule has 6 nitrogen and oxygen atoms in total. The molecule has 0 aliphatic rings. The van der Waals surface area contributed by atoms with Crippen LogP contribution in [0.15, 0.2) is 47.6 Å². The molecule has 2 amide bonds. The summed E-state index contributed by atoms with van der Waals surface area (Å²) < 4.78 is 0. The first-order chi connectivity index (χ1) is 11.5. The van der Waals surface area contributed by atoms with Gasteiger partial charge in [-0.1, -0.05) is 18.2 Å².